The van der Waals surface area contributed by atoms with Crippen LogP contribution in [0.3, 0.4) is 0 Å². The van der Waals surface area contributed by atoms with Gasteiger partial charge in [-0.1, -0.05) is 103 Å². The zero-order valence-electron chi connectivity index (χ0n) is 49.6. The van der Waals surface area contributed by atoms with Gasteiger partial charge in [-0.25, -0.2) is 0 Å². The standard InChI is InChI=1S/2C32H56N8.Zr/c2*1-2-10-18-17(9-1)25-33-26(18)38-28-21-13-5-6-14-22(21)30(35-28)40-32-24-16-8-7-15-23(24)31(36-32)39-29-20-12-4-3-11-19(20)27(34-29)37-25;/h2*17-40H,1-16H2;. The monoisotopic (exact) mass is 1190 g/mol. The Balaban J connectivity index is 0.000000132. The smallest absolute Gasteiger partial charge is 0.0628 e. The first-order valence-electron chi connectivity index (χ1n) is 35.8. The quantitative estimate of drug-likeness (QED) is 0.151. The Labute approximate surface area is 507 Å². The second-order valence-corrected chi connectivity index (χ2v) is 31.2. The van der Waals surface area contributed by atoms with Gasteiger partial charge in [-0.05, 0) is 197 Å². The molecule has 0 radical (unpaired) electrons. The fourth-order valence-corrected chi connectivity index (χ4v) is 23.9. The predicted octanol–water partition coefficient (Wildman–Crippen LogP) is 5.21. The first-order chi connectivity index (χ1) is 39.6. The van der Waals surface area contributed by atoms with Gasteiger partial charge in [0.05, 0.1) is 98.7 Å². The van der Waals surface area contributed by atoms with E-state index in [1.807, 2.05) is 0 Å². The first-order valence-corrected chi connectivity index (χ1v) is 35.8. The van der Waals surface area contributed by atoms with Crippen molar-refractivity contribution >= 4 is 0 Å². The van der Waals surface area contributed by atoms with E-state index in [0.29, 0.717) is 98.7 Å². The predicted molar refractivity (Wildman–Crippen MR) is 314 cm³/mol. The Bertz CT molecular complexity index is 1570. The fraction of sp³-hybridized carbons (Fsp3) is 1.00. The van der Waals surface area contributed by atoms with Crippen LogP contribution in [0.4, 0.5) is 0 Å². The van der Waals surface area contributed by atoms with E-state index in [9.17, 15) is 0 Å². The van der Waals surface area contributed by atoms with Crippen LogP contribution in [-0.2, 0) is 26.2 Å². The van der Waals surface area contributed by atoms with Crippen molar-refractivity contribution in [3.8, 4) is 0 Å². The molecule has 0 aromatic rings. The molecule has 16 N–H and O–H groups in total. The van der Waals surface area contributed by atoms with E-state index in [1.165, 1.54) is 205 Å². The summed E-state index contributed by atoms with van der Waals surface area (Å²) in [7, 11) is 0. The molecule has 18 fully saturated rings. The number of rotatable bonds is 0. The largest absolute Gasteiger partial charge is 0.286 e. The van der Waals surface area contributed by atoms with Crippen molar-refractivity contribution in [1.29, 1.82) is 0 Å². The summed E-state index contributed by atoms with van der Waals surface area (Å²) in [6, 6.07) is 0. The van der Waals surface area contributed by atoms with Crippen LogP contribution in [0.25, 0.3) is 0 Å². The third kappa shape index (κ3) is 10.5. The number of hydrogen-bond acceptors (Lipinski definition) is 16. The Morgan fingerprint density at radius 3 is 0.235 bits per heavy atom. The average Bonchev–Trinajstić information content (AvgIpc) is 4.47. The van der Waals surface area contributed by atoms with Gasteiger partial charge < -0.3 is 0 Å². The molecule has 18 rings (SSSR count). The fourth-order valence-electron chi connectivity index (χ4n) is 23.9. The Morgan fingerprint density at radius 1 is 0.111 bits per heavy atom. The van der Waals surface area contributed by atoms with Gasteiger partial charge in [-0.2, -0.15) is 0 Å². The van der Waals surface area contributed by atoms with Crippen LogP contribution < -0.4 is 85.1 Å². The zero-order valence-corrected chi connectivity index (χ0v) is 52.1. The molecule has 0 aromatic carbocycles. The maximum atomic E-state index is 4.26. The summed E-state index contributed by atoms with van der Waals surface area (Å²) in [4.78, 5) is 0. The summed E-state index contributed by atoms with van der Waals surface area (Å²) in [6.45, 7) is 0. The van der Waals surface area contributed by atoms with Crippen molar-refractivity contribution in [2.24, 2.45) is 94.7 Å². The Hall–Kier alpha value is 0.243. The van der Waals surface area contributed by atoms with Crippen molar-refractivity contribution in [3.63, 3.8) is 0 Å². The second kappa shape index (κ2) is 24.2. The van der Waals surface area contributed by atoms with Crippen molar-refractivity contribution < 1.29 is 26.2 Å². The van der Waals surface area contributed by atoms with E-state index in [0.717, 1.165) is 94.7 Å². The molecule has 0 spiro atoms. The summed E-state index contributed by atoms with van der Waals surface area (Å²) in [6.07, 6.45) is 51.1. The number of hydrogen-bond donors (Lipinski definition) is 16. The summed E-state index contributed by atoms with van der Waals surface area (Å²) < 4.78 is 0. The second-order valence-electron chi connectivity index (χ2n) is 31.2. The van der Waals surface area contributed by atoms with E-state index in [-0.39, 0.29) is 26.2 Å². The van der Waals surface area contributed by atoms with Gasteiger partial charge in [0.2, 0.25) is 0 Å². The summed E-state index contributed by atoms with van der Waals surface area (Å²) in [5, 5.41) is 67.6. The molecular weight excluding hydrogens is 1080 g/mol. The third-order valence-electron chi connectivity index (χ3n) is 27.6. The van der Waals surface area contributed by atoms with Crippen LogP contribution in [0.2, 0.25) is 0 Å². The number of fused-ring (bicyclic) bond motifs is 40. The van der Waals surface area contributed by atoms with Crippen LogP contribution >= 0.6 is 0 Å². The van der Waals surface area contributed by atoms with Crippen molar-refractivity contribution in [1.82, 2.24) is 85.1 Å². The molecule has 0 aromatic heterocycles. The molecule has 8 aliphatic carbocycles. The minimum absolute atomic E-state index is 0. The average molecular weight is 1200 g/mol. The summed E-state index contributed by atoms with van der Waals surface area (Å²) >= 11 is 0. The normalized spacial score (nSPS) is 56.9. The van der Waals surface area contributed by atoms with E-state index < -0.39 is 0 Å². The van der Waals surface area contributed by atoms with Gasteiger partial charge in [-0.3, -0.25) is 85.1 Å². The van der Waals surface area contributed by atoms with Gasteiger partial charge in [0.1, 0.15) is 0 Å². The van der Waals surface area contributed by atoms with Crippen LogP contribution in [0, 0.1) is 94.7 Å². The molecule has 18 aliphatic rings. The summed E-state index contributed by atoms with van der Waals surface area (Å²) in [5.41, 5.74) is 0. The van der Waals surface area contributed by atoms with E-state index >= 15 is 0 Å². The van der Waals surface area contributed by atoms with E-state index in [1.54, 1.807) is 0 Å². The molecule has 16 atom stereocenters. The molecule has 17 heteroatoms. The maximum absolute atomic E-state index is 4.26. The minimum atomic E-state index is 0. The van der Waals surface area contributed by atoms with Crippen LogP contribution in [0.1, 0.15) is 205 Å². The van der Waals surface area contributed by atoms with Gasteiger partial charge in [0.15, 0.2) is 0 Å². The molecule has 16 bridgehead atoms. The molecule has 16 nitrogen and oxygen atoms in total. The van der Waals surface area contributed by atoms with E-state index in [2.05, 4.69) is 85.1 Å². The van der Waals surface area contributed by atoms with Gasteiger partial charge in [0.25, 0.3) is 0 Å². The molecule has 8 saturated carbocycles. The zero-order chi connectivity index (χ0) is 52.4. The minimum Gasteiger partial charge on any atom is -0.286 e. The van der Waals surface area contributed by atoms with Crippen LogP contribution in [0.5, 0.6) is 0 Å². The van der Waals surface area contributed by atoms with Gasteiger partial charge in [-0.15, -0.1) is 0 Å². The maximum Gasteiger partial charge on any atom is 0.0628 e. The molecule has 0 amide bonds. The SMILES string of the molecule is C1CCC2C3NC(NC4NC(NC5NC(NC6NC(N3)C3CCCCC63)C3CCCCC53)C3CCCCC43)C2C1.C1CCC2C3NC(NC4NC(NC5NC(NC6NC(N3)C3CCCCC63)C3CCCCC53)C3CCCCC43)C2C1.[Zr]. The molecule has 10 saturated heterocycles. The molecule has 452 valence electrons. The molecular formula is C64H112N16Zr. The molecule has 10 aliphatic heterocycles. The van der Waals surface area contributed by atoms with Gasteiger partial charge >= 0.3 is 0 Å². The van der Waals surface area contributed by atoms with Crippen LogP contribution in [-0.4, -0.2) is 98.7 Å². The molecule has 81 heavy (non-hydrogen) atoms. The Kier molecular flexibility index (Phi) is 16.9. The summed E-state index contributed by atoms with van der Waals surface area (Å²) in [5.74, 6) is 11.9. The number of nitrogens with one attached hydrogen (secondary N) is 16. The van der Waals surface area contributed by atoms with Gasteiger partial charge in [0, 0.05) is 26.2 Å². The molecule has 16 unspecified atom stereocenters. The van der Waals surface area contributed by atoms with Crippen molar-refractivity contribution in [2.45, 2.75) is 304 Å². The third-order valence-corrected chi connectivity index (χ3v) is 27.6. The first kappa shape index (κ1) is 56.5. The topological polar surface area (TPSA) is 192 Å². The van der Waals surface area contributed by atoms with Crippen molar-refractivity contribution in [3.05, 3.63) is 0 Å². The molecule has 10 heterocycles. The van der Waals surface area contributed by atoms with Crippen LogP contribution in [0.15, 0.2) is 0 Å². The Morgan fingerprint density at radius 2 is 0.173 bits per heavy atom. The van der Waals surface area contributed by atoms with Crippen molar-refractivity contribution in [2.75, 3.05) is 0 Å². The van der Waals surface area contributed by atoms with E-state index in [4.69, 9.17) is 0 Å².